The van der Waals surface area contributed by atoms with Crippen LogP contribution in [-0.4, -0.2) is 9.78 Å². The number of aryl methyl sites for hydroxylation is 1. The number of nitrogens with zero attached hydrogens (tertiary/aromatic N) is 2. The molecule has 0 aliphatic carbocycles. The number of benzene rings is 1. The summed E-state index contributed by atoms with van der Waals surface area (Å²) in [4.78, 5) is 11.9. The SMILES string of the molecule is CCn1ncc(NCc2cc(F)ccc2Br)c(Br)c1=O. The van der Waals surface area contributed by atoms with Gasteiger partial charge in [-0.15, -0.1) is 0 Å². The fourth-order valence-corrected chi connectivity index (χ4v) is 2.52. The van der Waals surface area contributed by atoms with Crippen molar-refractivity contribution in [1.82, 2.24) is 9.78 Å². The van der Waals surface area contributed by atoms with E-state index in [1.54, 1.807) is 12.3 Å². The molecular weight excluding hydrogens is 393 g/mol. The van der Waals surface area contributed by atoms with Crippen LogP contribution in [0.5, 0.6) is 0 Å². The second-order valence-corrected chi connectivity index (χ2v) is 5.73. The average Bonchev–Trinajstić information content (AvgIpc) is 2.44. The Hall–Kier alpha value is -1.21. The molecule has 0 bridgehead atoms. The third-order valence-corrected chi connectivity index (χ3v) is 4.30. The molecule has 2 rings (SSSR count). The van der Waals surface area contributed by atoms with Gasteiger partial charge in [-0.2, -0.15) is 5.10 Å². The number of anilines is 1. The van der Waals surface area contributed by atoms with Crippen molar-refractivity contribution in [3.8, 4) is 0 Å². The minimum atomic E-state index is -0.302. The van der Waals surface area contributed by atoms with E-state index >= 15 is 0 Å². The van der Waals surface area contributed by atoms with Gasteiger partial charge in [0.25, 0.3) is 5.56 Å². The lowest BCUT2D eigenvalue weighted by molar-refractivity contribution is 0.612. The molecule has 0 fully saturated rings. The molecule has 2 aromatic rings. The molecule has 1 aromatic carbocycles. The molecular formula is C13H12Br2FN3O. The van der Waals surface area contributed by atoms with Crippen molar-refractivity contribution in [2.24, 2.45) is 0 Å². The van der Waals surface area contributed by atoms with Gasteiger partial charge in [-0.25, -0.2) is 9.07 Å². The highest BCUT2D eigenvalue weighted by molar-refractivity contribution is 9.10. The van der Waals surface area contributed by atoms with Gasteiger partial charge in [0, 0.05) is 17.6 Å². The molecule has 4 nitrogen and oxygen atoms in total. The Morgan fingerprint density at radius 2 is 2.15 bits per heavy atom. The van der Waals surface area contributed by atoms with E-state index in [1.165, 1.54) is 16.8 Å². The Kier molecular flexibility index (Phi) is 4.93. The van der Waals surface area contributed by atoms with Crippen LogP contribution in [0.4, 0.5) is 10.1 Å². The Balaban J connectivity index is 2.21. The molecule has 0 saturated carbocycles. The summed E-state index contributed by atoms with van der Waals surface area (Å²) in [7, 11) is 0. The van der Waals surface area contributed by atoms with Gasteiger partial charge in [0.05, 0.1) is 11.9 Å². The van der Waals surface area contributed by atoms with Crippen molar-refractivity contribution in [2.45, 2.75) is 20.0 Å². The predicted octanol–water partition coefficient (Wildman–Crippen LogP) is 3.54. The van der Waals surface area contributed by atoms with Crippen LogP contribution in [0.1, 0.15) is 12.5 Å². The maximum absolute atomic E-state index is 13.2. The predicted molar refractivity (Wildman–Crippen MR) is 83.3 cm³/mol. The fourth-order valence-electron chi connectivity index (χ4n) is 1.68. The first-order valence-corrected chi connectivity index (χ1v) is 7.55. The van der Waals surface area contributed by atoms with E-state index in [0.717, 1.165) is 10.0 Å². The highest BCUT2D eigenvalue weighted by Gasteiger charge is 2.08. The molecule has 0 amide bonds. The number of hydrogen-bond donors (Lipinski definition) is 1. The molecule has 1 heterocycles. The maximum Gasteiger partial charge on any atom is 0.283 e. The van der Waals surface area contributed by atoms with E-state index in [0.29, 0.717) is 23.2 Å². The van der Waals surface area contributed by atoms with Crippen molar-refractivity contribution in [1.29, 1.82) is 0 Å². The molecule has 0 saturated heterocycles. The van der Waals surface area contributed by atoms with E-state index in [1.807, 2.05) is 6.92 Å². The number of hydrogen-bond acceptors (Lipinski definition) is 3. The zero-order valence-electron chi connectivity index (χ0n) is 10.7. The topological polar surface area (TPSA) is 46.9 Å². The Morgan fingerprint density at radius 1 is 1.40 bits per heavy atom. The van der Waals surface area contributed by atoms with Gasteiger partial charge >= 0.3 is 0 Å². The van der Waals surface area contributed by atoms with E-state index in [4.69, 9.17) is 0 Å². The Labute approximate surface area is 132 Å². The molecule has 0 unspecified atom stereocenters. The highest BCUT2D eigenvalue weighted by atomic mass is 79.9. The Morgan fingerprint density at radius 3 is 2.85 bits per heavy atom. The molecule has 0 spiro atoms. The van der Waals surface area contributed by atoms with Crippen molar-refractivity contribution in [3.05, 3.63) is 55.1 Å². The largest absolute Gasteiger partial charge is 0.379 e. The quantitative estimate of drug-likeness (QED) is 0.847. The van der Waals surface area contributed by atoms with Crippen molar-refractivity contribution in [2.75, 3.05) is 5.32 Å². The standard InChI is InChI=1S/C13H12Br2FN3O/c1-2-19-13(20)12(15)11(7-18-19)17-6-8-5-9(16)3-4-10(8)14/h3-5,7,17H,2,6H2,1H3. The molecule has 7 heteroatoms. The fraction of sp³-hybridized carbons (Fsp3) is 0.231. The van der Waals surface area contributed by atoms with Gasteiger partial charge < -0.3 is 5.32 Å². The van der Waals surface area contributed by atoms with Gasteiger partial charge in [0.15, 0.2) is 0 Å². The van der Waals surface area contributed by atoms with Gasteiger partial charge in [-0.3, -0.25) is 4.79 Å². The summed E-state index contributed by atoms with van der Waals surface area (Å²) < 4.78 is 15.8. The van der Waals surface area contributed by atoms with Crippen LogP contribution in [0.15, 0.2) is 38.1 Å². The van der Waals surface area contributed by atoms with E-state index in [-0.39, 0.29) is 11.4 Å². The first-order valence-electron chi connectivity index (χ1n) is 5.96. The van der Waals surface area contributed by atoms with Crippen LogP contribution in [0.25, 0.3) is 0 Å². The molecule has 1 aromatic heterocycles. The minimum Gasteiger partial charge on any atom is -0.379 e. The summed E-state index contributed by atoms with van der Waals surface area (Å²) in [5, 5.41) is 7.11. The Bertz CT molecular complexity index is 688. The second-order valence-electron chi connectivity index (χ2n) is 4.08. The lowest BCUT2D eigenvalue weighted by atomic mass is 10.2. The van der Waals surface area contributed by atoms with E-state index in [9.17, 15) is 9.18 Å². The first-order chi connectivity index (χ1) is 9.52. The maximum atomic E-state index is 13.2. The average molecular weight is 405 g/mol. The smallest absolute Gasteiger partial charge is 0.283 e. The number of rotatable bonds is 4. The lowest BCUT2D eigenvalue weighted by Gasteiger charge is -2.10. The number of halogens is 3. The zero-order chi connectivity index (χ0) is 14.7. The summed E-state index contributed by atoms with van der Waals surface area (Å²) in [5.41, 5.74) is 1.14. The van der Waals surface area contributed by atoms with E-state index in [2.05, 4.69) is 42.3 Å². The minimum absolute atomic E-state index is 0.198. The summed E-state index contributed by atoms with van der Waals surface area (Å²) >= 11 is 6.62. The molecule has 1 N–H and O–H groups in total. The van der Waals surface area contributed by atoms with Crippen molar-refractivity contribution >= 4 is 37.5 Å². The number of aromatic nitrogens is 2. The summed E-state index contributed by atoms with van der Waals surface area (Å²) in [6, 6.07) is 4.47. The van der Waals surface area contributed by atoms with Crippen molar-refractivity contribution in [3.63, 3.8) is 0 Å². The third-order valence-electron chi connectivity index (χ3n) is 2.76. The van der Waals surface area contributed by atoms with E-state index < -0.39 is 0 Å². The normalized spacial score (nSPS) is 10.6. The summed E-state index contributed by atoms with van der Waals surface area (Å²) in [6.07, 6.45) is 1.57. The van der Waals surface area contributed by atoms with Crippen LogP contribution >= 0.6 is 31.9 Å². The monoisotopic (exact) mass is 403 g/mol. The summed E-state index contributed by atoms with van der Waals surface area (Å²) in [5.74, 6) is -0.302. The second kappa shape index (κ2) is 6.49. The molecule has 106 valence electrons. The molecule has 0 atom stereocenters. The van der Waals surface area contributed by atoms with Gasteiger partial charge in [-0.1, -0.05) is 15.9 Å². The van der Waals surface area contributed by atoms with Gasteiger partial charge in [0.1, 0.15) is 10.3 Å². The molecule has 0 aliphatic rings. The molecule has 0 radical (unpaired) electrons. The summed E-state index contributed by atoms with van der Waals surface area (Å²) in [6.45, 7) is 2.74. The van der Waals surface area contributed by atoms with Crippen LogP contribution in [0, 0.1) is 5.82 Å². The van der Waals surface area contributed by atoms with Crippen LogP contribution in [-0.2, 0) is 13.1 Å². The lowest BCUT2D eigenvalue weighted by Crippen LogP contribution is -2.23. The van der Waals surface area contributed by atoms with Gasteiger partial charge in [-0.05, 0) is 46.6 Å². The van der Waals surface area contributed by atoms with Gasteiger partial charge in [0.2, 0.25) is 0 Å². The number of nitrogens with one attached hydrogen (secondary N) is 1. The third kappa shape index (κ3) is 3.27. The van der Waals surface area contributed by atoms with Crippen LogP contribution in [0.2, 0.25) is 0 Å². The molecule has 0 aliphatic heterocycles. The van der Waals surface area contributed by atoms with Crippen molar-refractivity contribution < 1.29 is 4.39 Å². The van der Waals surface area contributed by atoms with Crippen LogP contribution in [0.3, 0.4) is 0 Å². The van der Waals surface area contributed by atoms with Crippen LogP contribution < -0.4 is 10.9 Å². The highest BCUT2D eigenvalue weighted by Crippen LogP contribution is 2.21. The molecule has 20 heavy (non-hydrogen) atoms. The zero-order valence-corrected chi connectivity index (χ0v) is 13.8. The first kappa shape index (κ1) is 15.2.